The van der Waals surface area contributed by atoms with E-state index >= 15 is 0 Å². The summed E-state index contributed by atoms with van der Waals surface area (Å²) in [6.07, 6.45) is 0.914. The quantitative estimate of drug-likeness (QED) is 0.427. The molecule has 2 saturated heterocycles. The van der Waals surface area contributed by atoms with Crippen LogP contribution in [0.1, 0.15) is 31.2 Å². The molecule has 11 heteroatoms. The number of halogens is 2. The summed E-state index contributed by atoms with van der Waals surface area (Å²) < 4.78 is 18.6. The summed E-state index contributed by atoms with van der Waals surface area (Å²) in [5.41, 5.74) is -0.243. The second-order valence-electron chi connectivity index (χ2n) is 10.8. The van der Waals surface area contributed by atoms with E-state index in [-0.39, 0.29) is 29.3 Å². The number of hydrogen-bond acceptors (Lipinski definition) is 7. The highest BCUT2D eigenvalue weighted by Gasteiger charge is 2.68. The summed E-state index contributed by atoms with van der Waals surface area (Å²) in [6, 6.07) is 10.0. The van der Waals surface area contributed by atoms with E-state index < -0.39 is 70.5 Å². The van der Waals surface area contributed by atoms with Crippen molar-refractivity contribution in [2.75, 3.05) is 12.0 Å². The third-order valence-corrected chi connectivity index (χ3v) is 9.33. The van der Waals surface area contributed by atoms with Crippen molar-refractivity contribution in [3.63, 3.8) is 0 Å². The zero-order chi connectivity index (χ0) is 28.7. The molecule has 2 aromatic carbocycles. The number of aromatic hydroxyl groups is 1. The molecule has 6 rings (SSSR count). The first-order chi connectivity index (χ1) is 19.0. The number of allylic oxidation sites excluding steroid dienone is 2. The van der Waals surface area contributed by atoms with Gasteiger partial charge in [0.05, 0.1) is 41.0 Å². The van der Waals surface area contributed by atoms with Gasteiger partial charge in [-0.3, -0.25) is 19.2 Å². The number of carbonyl (C=O) groups is 5. The van der Waals surface area contributed by atoms with Crippen molar-refractivity contribution in [1.29, 1.82) is 0 Å². The molecule has 2 aliphatic heterocycles. The predicted octanol–water partition coefficient (Wildman–Crippen LogP) is 4.18. The van der Waals surface area contributed by atoms with Crippen LogP contribution in [0.3, 0.4) is 0 Å². The Hall–Kier alpha value is -4.05. The first kappa shape index (κ1) is 26.2. The second kappa shape index (κ2) is 8.99. The molecular formula is C29H24ClFN2O7. The summed E-state index contributed by atoms with van der Waals surface area (Å²) >= 11 is 5.98. The Bertz CT molecular complexity index is 1560. The van der Waals surface area contributed by atoms with Crippen molar-refractivity contribution in [2.24, 2.45) is 29.1 Å². The lowest BCUT2D eigenvalue weighted by Gasteiger charge is -2.49. The summed E-state index contributed by atoms with van der Waals surface area (Å²) in [6.45, 7) is 1.66. The Balaban J connectivity index is 1.52. The Morgan fingerprint density at radius 1 is 1.07 bits per heavy atom. The van der Waals surface area contributed by atoms with E-state index in [4.69, 9.17) is 11.6 Å². The number of amides is 5. The van der Waals surface area contributed by atoms with Crippen LogP contribution in [0.4, 0.5) is 14.9 Å². The number of para-hydroxylation sites is 1. The Morgan fingerprint density at radius 2 is 1.80 bits per heavy atom. The molecule has 6 atom stereocenters. The van der Waals surface area contributed by atoms with Crippen LogP contribution >= 0.6 is 11.6 Å². The number of hydrogen-bond donors (Lipinski definition) is 1. The van der Waals surface area contributed by atoms with E-state index in [1.54, 1.807) is 31.2 Å². The molecule has 4 aliphatic rings. The van der Waals surface area contributed by atoms with Gasteiger partial charge in [-0.2, -0.15) is 4.90 Å². The van der Waals surface area contributed by atoms with Crippen molar-refractivity contribution >= 4 is 47.0 Å². The number of methoxy groups -OCH3 is 1. The van der Waals surface area contributed by atoms with Gasteiger partial charge in [0.2, 0.25) is 23.6 Å². The maximum Gasteiger partial charge on any atom is 0.423 e. The van der Waals surface area contributed by atoms with Crippen LogP contribution in [-0.2, 0) is 23.9 Å². The average molecular weight is 567 g/mol. The number of rotatable bonds is 2. The molecule has 40 heavy (non-hydrogen) atoms. The van der Waals surface area contributed by atoms with Crippen LogP contribution in [0, 0.1) is 34.9 Å². The van der Waals surface area contributed by atoms with Crippen molar-refractivity contribution in [1.82, 2.24) is 4.90 Å². The van der Waals surface area contributed by atoms with E-state index in [0.717, 1.165) is 18.1 Å². The Kier molecular flexibility index (Phi) is 5.88. The van der Waals surface area contributed by atoms with E-state index in [0.29, 0.717) is 16.0 Å². The van der Waals surface area contributed by atoms with Gasteiger partial charge in [0, 0.05) is 11.5 Å². The van der Waals surface area contributed by atoms with E-state index in [9.17, 15) is 33.5 Å². The van der Waals surface area contributed by atoms with Crippen LogP contribution in [0.15, 0.2) is 54.1 Å². The monoisotopic (exact) mass is 566 g/mol. The van der Waals surface area contributed by atoms with Crippen LogP contribution in [0.2, 0.25) is 5.02 Å². The van der Waals surface area contributed by atoms with Crippen LogP contribution in [0.25, 0.3) is 0 Å². The molecule has 1 saturated carbocycles. The number of phenolic OH excluding ortho intramolecular Hbond substituents is 1. The van der Waals surface area contributed by atoms with Gasteiger partial charge >= 0.3 is 6.09 Å². The number of ether oxygens (including phenoxy) is 1. The molecule has 0 bridgehead atoms. The number of carbonyl (C=O) groups excluding carboxylic acids is 5. The van der Waals surface area contributed by atoms with Crippen LogP contribution < -0.4 is 4.90 Å². The number of nitrogens with zero attached hydrogens (tertiary/aromatic N) is 2. The highest BCUT2D eigenvalue weighted by atomic mass is 35.5. The lowest BCUT2D eigenvalue weighted by molar-refractivity contribution is -0.138. The first-order valence-corrected chi connectivity index (χ1v) is 13.2. The molecule has 5 amide bonds. The summed E-state index contributed by atoms with van der Waals surface area (Å²) in [4.78, 5) is 68.6. The molecule has 1 N–H and O–H groups in total. The highest BCUT2D eigenvalue weighted by molar-refractivity contribution is 6.31. The molecule has 3 fully saturated rings. The van der Waals surface area contributed by atoms with E-state index in [1.165, 1.54) is 18.2 Å². The second-order valence-corrected chi connectivity index (χ2v) is 11.2. The zero-order valence-corrected chi connectivity index (χ0v) is 22.2. The number of phenols is 1. The Morgan fingerprint density at radius 3 is 2.48 bits per heavy atom. The normalized spacial score (nSPS) is 31.1. The third-order valence-electron chi connectivity index (χ3n) is 9.04. The molecule has 0 unspecified atom stereocenters. The largest absolute Gasteiger partial charge is 0.508 e. The number of fused-ring (bicyclic) bond motifs is 4. The molecule has 2 aromatic rings. The minimum Gasteiger partial charge on any atom is -0.508 e. The molecule has 2 aliphatic carbocycles. The van der Waals surface area contributed by atoms with Crippen molar-refractivity contribution in [3.05, 3.63) is 70.5 Å². The molecule has 0 spiro atoms. The van der Waals surface area contributed by atoms with Crippen molar-refractivity contribution < 1.29 is 38.2 Å². The van der Waals surface area contributed by atoms with Gasteiger partial charge in [-0.15, -0.1) is 0 Å². The van der Waals surface area contributed by atoms with Gasteiger partial charge in [0.25, 0.3) is 0 Å². The smallest absolute Gasteiger partial charge is 0.423 e. The fourth-order valence-electron chi connectivity index (χ4n) is 7.23. The fraction of sp³-hybridized carbons (Fsp3) is 0.345. The van der Waals surface area contributed by atoms with Crippen molar-refractivity contribution in [3.8, 4) is 5.75 Å². The van der Waals surface area contributed by atoms with Gasteiger partial charge in [-0.1, -0.05) is 41.4 Å². The average Bonchev–Trinajstić information content (AvgIpc) is 3.30. The molecule has 206 valence electrons. The fourth-order valence-corrected chi connectivity index (χ4v) is 7.41. The number of benzene rings is 2. The predicted molar refractivity (Wildman–Crippen MR) is 138 cm³/mol. The lowest BCUT2D eigenvalue weighted by atomic mass is 9.51. The third kappa shape index (κ3) is 3.35. The molecule has 0 radical (unpaired) electrons. The minimum absolute atomic E-state index is 0.0532. The number of anilines is 1. The van der Waals surface area contributed by atoms with E-state index in [1.807, 2.05) is 0 Å². The highest BCUT2D eigenvalue weighted by Crippen LogP contribution is 2.64. The first-order valence-electron chi connectivity index (χ1n) is 12.8. The van der Waals surface area contributed by atoms with Gasteiger partial charge in [-0.25, -0.2) is 14.1 Å². The summed E-state index contributed by atoms with van der Waals surface area (Å²) in [5.74, 6) is -7.50. The van der Waals surface area contributed by atoms with Crippen LogP contribution in [0.5, 0.6) is 5.75 Å². The summed E-state index contributed by atoms with van der Waals surface area (Å²) in [7, 11) is 1.08. The maximum absolute atomic E-state index is 14.2. The van der Waals surface area contributed by atoms with Gasteiger partial charge in [0.1, 0.15) is 11.6 Å². The molecule has 9 nitrogen and oxygen atoms in total. The zero-order valence-electron chi connectivity index (χ0n) is 21.5. The Labute approximate surface area is 233 Å². The van der Waals surface area contributed by atoms with Gasteiger partial charge < -0.3 is 9.84 Å². The lowest BCUT2D eigenvalue weighted by Crippen LogP contribution is -2.49. The van der Waals surface area contributed by atoms with Gasteiger partial charge in [0.15, 0.2) is 0 Å². The number of imide groups is 4. The van der Waals surface area contributed by atoms with E-state index in [2.05, 4.69) is 4.74 Å². The molecular weight excluding hydrogens is 543 g/mol. The summed E-state index contributed by atoms with van der Waals surface area (Å²) in [5, 5.41) is 10.7. The standard InChI is InChI=1S/C29H24ClFN2O7/c1-29-18(25(36)32(27(29)38)13-7-10-20(31)19(30)11-13)12-17-14(23(29)15-5-3-4-6-21(15)34)8-9-16-22(17)26(37)33(24(16)35)28(39)40-2/h3-8,10-11,16-18,22-23,34H,9,12H2,1-2H3/t16-,17+,18-,22-,23+,29+/m0/s1. The van der Waals surface area contributed by atoms with Crippen LogP contribution in [-0.4, -0.2) is 46.8 Å². The minimum atomic E-state index is -1.39. The molecule has 2 heterocycles. The van der Waals surface area contributed by atoms with Gasteiger partial charge in [-0.05, 0) is 49.9 Å². The van der Waals surface area contributed by atoms with Crippen molar-refractivity contribution in [2.45, 2.75) is 25.7 Å². The number of likely N-dealkylation sites (tertiary alicyclic amines) is 1. The molecule has 0 aromatic heterocycles. The maximum atomic E-state index is 14.2. The SMILES string of the molecule is COC(=O)N1C(=O)[C@H]2[C@H](CC=C3[C@H]2C[C@H]2C(=O)N(c4ccc(F)c(Cl)c4)C(=O)[C@@]2(C)[C@H]3c2ccccc2O)C1=O. The topological polar surface area (TPSA) is 121 Å².